The number of hydrogen-bond donors (Lipinski definition) is 0. The van der Waals surface area contributed by atoms with Crippen molar-refractivity contribution >= 4 is 32.4 Å². The number of pyridine rings is 1. The second-order valence-electron chi connectivity index (χ2n) is 10.1. The Morgan fingerprint density at radius 2 is 1.71 bits per heavy atom. The molecular formula is C27H27F3N4O2S2. The van der Waals surface area contributed by atoms with Crippen molar-refractivity contribution in [2.24, 2.45) is 0 Å². The molecule has 2 aliphatic rings. The smallest absolute Gasteiger partial charge is 0.300 e. The quantitative estimate of drug-likeness (QED) is 0.277. The number of hydrogen-bond acceptors (Lipinski definition) is 6. The van der Waals surface area contributed by atoms with Gasteiger partial charge in [0.05, 0.1) is 4.90 Å². The Balaban J connectivity index is 1.41. The van der Waals surface area contributed by atoms with E-state index in [0.717, 1.165) is 51.9 Å². The third kappa shape index (κ3) is 4.65. The zero-order chi connectivity index (χ0) is 26.5. The second-order valence-corrected chi connectivity index (χ2v) is 12.8. The molecule has 38 heavy (non-hydrogen) atoms. The molecule has 4 aromatic rings. The van der Waals surface area contributed by atoms with Crippen LogP contribution in [0.3, 0.4) is 0 Å². The summed E-state index contributed by atoms with van der Waals surface area (Å²) < 4.78 is 68.1. The molecule has 0 bridgehead atoms. The number of thiazole rings is 1. The van der Waals surface area contributed by atoms with Crippen molar-refractivity contribution in [1.82, 2.24) is 18.8 Å². The lowest BCUT2D eigenvalue weighted by atomic mass is 9.81. The highest BCUT2D eigenvalue weighted by Gasteiger charge is 2.35. The summed E-state index contributed by atoms with van der Waals surface area (Å²) in [6.07, 6.45) is 5.23. The molecule has 0 radical (unpaired) electrons. The second kappa shape index (κ2) is 9.77. The standard InChI is InChI=1S/C27H27F3N4O2S2/c28-27(29,30)24-17-37-26(32-24)23-16-34(38(35,36)21-6-2-1-3-7-21)25-22(23)14-19(15-31-25)18-8-10-20(11-9-18)33-12-4-5-13-33/h1-3,6-7,14-18,20H,4-5,8-13H2/t18-,20-. The highest BCUT2D eigenvalue weighted by atomic mass is 32.2. The number of rotatable bonds is 5. The van der Waals surface area contributed by atoms with E-state index >= 15 is 0 Å². The molecule has 3 aromatic heterocycles. The third-order valence-electron chi connectivity index (χ3n) is 7.78. The van der Waals surface area contributed by atoms with Crippen molar-refractivity contribution in [3.8, 4) is 10.6 Å². The van der Waals surface area contributed by atoms with Gasteiger partial charge in [0.25, 0.3) is 10.0 Å². The van der Waals surface area contributed by atoms with Gasteiger partial charge >= 0.3 is 6.18 Å². The minimum Gasteiger partial charge on any atom is -0.300 e. The van der Waals surface area contributed by atoms with Crippen LogP contribution < -0.4 is 0 Å². The van der Waals surface area contributed by atoms with Gasteiger partial charge < -0.3 is 4.90 Å². The van der Waals surface area contributed by atoms with Crippen molar-refractivity contribution in [1.29, 1.82) is 0 Å². The maximum absolute atomic E-state index is 13.5. The van der Waals surface area contributed by atoms with Crippen LogP contribution in [0.25, 0.3) is 21.6 Å². The fourth-order valence-corrected chi connectivity index (χ4v) is 7.98. The first-order valence-corrected chi connectivity index (χ1v) is 15.1. The minimum atomic E-state index is -4.58. The fourth-order valence-electron chi connectivity index (χ4n) is 5.79. The molecule has 0 unspecified atom stereocenters. The van der Waals surface area contributed by atoms with Gasteiger partial charge in [-0.2, -0.15) is 13.2 Å². The maximum Gasteiger partial charge on any atom is 0.434 e. The number of alkyl halides is 3. The van der Waals surface area contributed by atoms with E-state index in [0.29, 0.717) is 17.0 Å². The fraction of sp³-hybridized carbons (Fsp3) is 0.407. The predicted octanol–water partition coefficient (Wildman–Crippen LogP) is 6.54. The van der Waals surface area contributed by atoms with Crippen LogP contribution >= 0.6 is 11.3 Å². The van der Waals surface area contributed by atoms with Crippen molar-refractivity contribution in [3.05, 3.63) is 65.4 Å². The number of aromatic nitrogens is 3. The number of likely N-dealkylation sites (tertiary alicyclic amines) is 1. The van der Waals surface area contributed by atoms with Crippen LogP contribution in [0.5, 0.6) is 0 Å². The van der Waals surface area contributed by atoms with Crippen LogP contribution in [0.2, 0.25) is 0 Å². The molecule has 6 nitrogen and oxygen atoms in total. The first-order valence-electron chi connectivity index (χ1n) is 12.8. The van der Waals surface area contributed by atoms with Gasteiger partial charge in [-0.05, 0) is 81.3 Å². The summed E-state index contributed by atoms with van der Waals surface area (Å²) in [6, 6.07) is 10.5. The van der Waals surface area contributed by atoms with Crippen LogP contribution in [0.4, 0.5) is 13.2 Å². The van der Waals surface area contributed by atoms with Gasteiger partial charge in [-0.1, -0.05) is 18.2 Å². The van der Waals surface area contributed by atoms with Crippen molar-refractivity contribution in [2.45, 2.75) is 61.6 Å². The first-order chi connectivity index (χ1) is 18.2. The molecule has 0 amide bonds. The topological polar surface area (TPSA) is 68.1 Å². The molecule has 0 atom stereocenters. The van der Waals surface area contributed by atoms with Crippen molar-refractivity contribution in [3.63, 3.8) is 0 Å². The average Bonchev–Trinajstić information content (AvgIpc) is 3.69. The summed E-state index contributed by atoms with van der Waals surface area (Å²) in [4.78, 5) is 11.1. The Kier molecular flexibility index (Phi) is 6.56. The summed E-state index contributed by atoms with van der Waals surface area (Å²) in [6.45, 7) is 2.34. The molecule has 1 saturated carbocycles. The summed E-state index contributed by atoms with van der Waals surface area (Å²) >= 11 is 0.847. The Hall–Kier alpha value is -2.76. The number of benzene rings is 1. The molecule has 1 aliphatic heterocycles. The van der Waals surface area contributed by atoms with Gasteiger partial charge in [0.15, 0.2) is 11.3 Å². The lowest BCUT2D eigenvalue weighted by Gasteiger charge is -2.34. The van der Waals surface area contributed by atoms with Crippen LogP contribution in [0.15, 0.2) is 59.1 Å². The van der Waals surface area contributed by atoms with Gasteiger partial charge in [0.2, 0.25) is 0 Å². The Labute approximate surface area is 223 Å². The van der Waals surface area contributed by atoms with Crippen LogP contribution in [-0.4, -0.2) is 46.4 Å². The van der Waals surface area contributed by atoms with Gasteiger partial charge in [-0.3, -0.25) is 0 Å². The average molecular weight is 561 g/mol. The predicted molar refractivity (Wildman–Crippen MR) is 141 cm³/mol. The molecule has 1 aliphatic carbocycles. The first kappa shape index (κ1) is 25.5. The van der Waals surface area contributed by atoms with E-state index in [-0.39, 0.29) is 21.5 Å². The number of fused-ring (bicyclic) bond motifs is 1. The highest BCUT2D eigenvalue weighted by Crippen LogP contribution is 2.41. The summed E-state index contributed by atoms with van der Waals surface area (Å²) in [5.41, 5.74) is 0.511. The van der Waals surface area contributed by atoms with E-state index < -0.39 is 21.9 Å². The minimum absolute atomic E-state index is 0.0738. The summed E-state index contributed by atoms with van der Waals surface area (Å²) in [5.74, 6) is 0.273. The lowest BCUT2D eigenvalue weighted by molar-refractivity contribution is -0.140. The molecule has 1 aromatic carbocycles. The van der Waals surface area contributed by atoms with Crippen LogP contribution in [0.1, 0.15) is 55.7 Å². The van der Waals surface area contributed by atoms with E-state index in [1.807, 2.05) is 6.07 Å². The normalized spacial score (nSPS) is 21.3. The van der Waals surface area contributed by atoms with E-state index in [2.05, 4.69) is 14.9 Å². The Morgan fingerprint density at radius 3 is 2.37 bits per heavy atom. The van der Waals surface area contributed by atoms with Crippen molar-refractivity contribution in [2.75, 3.05) is 13.1 Å². The molecule has 11 heteroatoms. The molecule has 6 rings (SSSR count). The molecule has 200 valence electrons. The zero-order valence-electron chi connectivity index (χ0n) is 20.6. The monoisotopic (exact) mass is 560 g/mol. The van der Waals surface area contributed by atoms with Gasteiger partial charge in [0.1, 0.15) is 5.01 Å². The molecule has 1 saturated heterocycles. The zero-order valence-corrected chi connectivity index (χ0v) is 22.2. The SMILES string of the molecule is O=S(=O)(c1ccccc1)n1cc(-c2nc(C(F)(F)F)cs2)c2cc([C@H]3CC[C@H](N4CCCC4)CC3)cnc21. The molecule has 0 N–H and O–H groups in total. The van der Waals surface area contributed by atoms with Gasteiger partial charge in [-0.25, -0.2) is 22.4 Å². The molecule has 0 spiro atoms. The molecule has 4 heterocycles. The van der Waals surface area contributed by atoms with Gasteiger partial charge in [0, 0.05) is 34.8 Å². The van der Waals surface area contributed by atoms with E-state index in [4.69, 9.17) is 0 Å². The number of nitrogens with zero attached hydrogens (tertiary/aromatic N) is 4. The molecular weight excluding hydrogens is 533 g/mol. The summed E-state index contributed by atoms with van der Waals surface area (Å²) in [7, 11) is -4.03. The van der Waals surface area contributed by atoms with Crippen LogP contribution in [0, 0.1) is 0 Å². The molecule has 2 fully saturated rings. The van der Waals surface area contributed by atoms with E-state index in [9.17, 15) is 21.6 Å². The maximum atomic E-state index is 13.5. The third-order valence-corrected chi connectivity index (χ3v) is 10.3. The number of halogens is 3. The largest absolute Gasteiger partial charge is 0.434 e. The van der Waals surface area contributed by atoms with E-state index in [1.54, 1.807) is 24.4 Å². The Bertz CT molecular complexity index is 1550. The summed E-state index contributed by atoms with van der Waals surface area (Å²) in [5, 5.41) is 1.56. The van der Waals surface area contributed by atoms with E-state index in [1.165, 1.54) is 44.3 Å². The highest BCUT2D eigenvalue weighted by molar-refractivity contribution is 7.90. The van der Waals surface area contributed by atoms with Crippen molar-refractivity contribution < 1.29 is 21.6 Å². The van der Waals surface area contributed by atoms with Crippen LogP contribution in [-0.2, 0) is 16.2 Å². The lowest BCUT2D eigenvalue weighted by Crippen LogP contribution is -2.35. The Morgan fingerprint density at radius 1 is 1.00 bits per heavy atom. The van der Waals surface area contributed by atoms with Gasteiger partial charge in [-0.15, -0.1) is 11.3 Å².